The number of likely N-dealkylation sites (N-methyl/N-ethyl adjacent to an activating group) is 1. The van der Waals surface area contributed by atoms with Crippen molar-refractivity contribution < 1.29 is 9.53 Å². The van der Waals surface area contributed by atoms with Gasteiger partial charge in [-0.05, 0) is 23.1 Å². The van der Waals surface area contributed by atoms with E-state index in [1.165, 1.54) is 10.5 Å². The number of nitrogens with two attached hydrogens (primary N) is 1. The zero-order valence-electron chi connectivity index (χ0n) is 12.4. The molecule has 0 saturated carbocycles. The van der Waals surface area contributed by atoms with Crippen molar-refractivity contribution in [2.24, 2.45) is 5.73 Å². The minimum atomic E-state index is -0.536. The van der Waals surface area contributed by atoms with Gasteiger partial charge < -0.3 is 15.4 Å². The van der Waals surface area contributed by atoms with E-state index in [4.69, 9.17) is 10.5 Å². The van der Waals surface area contributed by atoms with Crippen LogP contribution >= 0.6 is 0 Å². The molecule has 0 aromatic heterocycles. The number of carbonyl (C=O) groups is 1. The molecule has 0 heterocycles. The van der Waals surface area contributed by atoms with Gasteiger partial charge in [0.05, 0.1) is 13.2 Å². The SMILES string of the molecule is COc1ccc(C(C)C)cc1CC(N)C(=O)N(C)C. The summed E-state index contributed by atoms with van der Waals surface area (Å²) in [5.74, 6) is 1.15. The molecule has 1 amide bonds. The monoisotopic (exact) mass is 264 g/mol. The number of methoxy groups -OCH3 is 1. The van der Waals surface area contributed by atoms with Crippen LogP contribution in [0.15, 0.2) is 18.2 Å². The molecule has 0 radical (unpaired) electrons. The zero-order valence-corrected chi connectivity index (χ0v) is 12.4. The maximum absolute atomic E-state index is 11.8. The second-order valence-electron chi connectivity index (χ2n) is 5.27. The highest BCUT2D eigenvalue weighted by molar-refractivity contribution is 5.81. The zero-order chi connectivity index (χ0) is 14.6. The smallest absolute Gasteiger partial charge is 0.239 e. The minimum absolute atomic E-state index is 0.0722. The fourth-order valence-corrected chi connectivity index (χ4v) is 1.97. The van der Waals surface area contributed by atoms with Gasteiger partial charge in [0.25, 0.3) is 0 Å². The quantitative estimate of drug-likeness (QED) is 0.882. The molecule has 106 valence electrons. The van der Waals surface area contributed by atoms with E-state index in [9.17, 15) is 4.79 Å². The molecule has 4 heteroatoms. The number of benzene rings is 1. The average molecular weight is 264 g/mol. The molecule has 0 aliphatic carbocycles. The standard InChI is InChI=1S/C15H24N2O2/c1-10(2)11-6-7-14(19-5)12(8-11)9-13(16)15(18)17(3)4/h6-8,10,13H,9,16H2,1-5H3. The van der Waals surface area contributed by atoms with Crippen LogP contribution in [0.3, 0.4) is 0 Å². The summed E-state index contributed by atoms with van der Waals surface area (Å²) in [5, 5.41) is 0. The number of nitrogens with zero attached hydrogens (tertiary/aromatic N) is 1. The van der Waals surface area contributed by atoms with Crippen molar-refractivity contribution in [1.29, 1.82) is 0 Å². The first kappa shape index (κ1) is 15.5. The molecule has 1 rings (SSSR count). The van der Waals surface area contributed by atoms with Crippen LogP contribution in [0.1, 0.15) is 30.9 Å². The Kier molecular flexibility index (Phi) is 5.36. The molecule has 0 fully saturated rings. The van der Waals surface area contributed by atoms with Gasteiger partial charge >= 0.3 is 0 Å². The number of hydrogen-bond donors (Lipinski definition) is 1. The summed E-state index contributed by atoms with van der Waals surface area (Å²) in [6.45, 7) is 4.27. The number of rotatable bonds is 5. The van der Waals surface area contributed by atoms with Gasteiger partial charge in [0.1, 0.15) is 5.75 Å². The van der Waals surface area contributed by atoms with E-state index in [-0.39, 0.29) is 5.91 Å². The van der Waals surface area contributed by atoms with Gasteiger partial charge in [-0.3, -0.25) is 4.79 Å². The molecule has 0 saturated heterocycles. The topological polar surface area (TPSA) is 55.6 Å². The summed E-state index contributed by atoms with van der Waals surface area (Å²) >= 11 is 0. The molecule has 0 aliphatic rings. The van der Waals surface area contributed by atoms with Crippen LogP contribution in [0.2, 0.25) is 0 Å². The molecule has 1 aromatic rings. The third-order valence-corrected chi connectivity index (χ3v) is 3.17. The molecule has 19 heavy (non-hydrogen) atoms. The summed E-state index contributed by atoms with van der Waals surface area (Å²) in [4.78, 5) is 13.3. The molecule has 1 unspecified atom stereocenters. The number of amides is 1. The first-order valence-corrected chi connectivity index (χ1v) is 6.50. The average Bonchev–Trinajstić information content (AvgIpc) is 2.37. The van der Waals surface area contributed by atoms with E-state index in [0.29, 0.717) is 12.3 Å². The summed E-state index contributed by atoms with van der Waals surface area (Å²) < 4.78 is 5.34. The number of hydrogen-bond acceptors (Lipinski definition) is 3. The maximum atomic E-state index is 11.8. The van der Waals surface area contributed by atoms with Crippen LogP contribution < -0.4 is 10.5 Å². The third-order valence-electron chi connectivity index (χ3n) is 3.17. The fourth-order valence-electron chi connectivity index (χ4n) is 1.97. The van der Waals surface area contributed by atoms with Gasteiger partial charge in [0.2, 0.25) is 5.91 Å². The molecule has 4 nitrogen and oxygen atoms in total. The Balaban J connectivity index is 2.97. The van der Waals surface area contributed by atoms with Crippen molar-refractivity contribution in [2.75, 3.05) is 21.2 Å². The van der Waals surface area contributed by atoms with Crippen molar-refractivity contribution >= 4 is 5.91 Å². The van der Waals surface area contributed by atoms with Crippen molar-refractivity contribution in [3.63, 3.8) is 0 Å². The van der Waals surface area contributed by atoms with Crippen LogP contribution in [-0.4, -0.2) is 38.1 Å². The molecule has 2 N–H and O–H groups in total. The van der Waals surface area contributed by atoms with Crippen molar-refractivity contribution in [3.05, 3.63) is 29.3 Å². The van der Waals surface area contributed by atoms with Crippen LogP contribution in [0.4, 0.5) is 0 Å². The summed E-state index contributed by atoms with van der Waals surface area (Å²) in [5.41, 5.74) is 8.16. The highest BCUT2D eigenvalue weighted by Crippen LogP contribution is 2.25. The van der Waals surface area contributed by atoms with E-state index in [1.54, 1.807) is 21.2 Å². The lowest BCUT2D eigenvalue weighted by atomic mass is 9.97. The Morgan fingerprint density at radius 2 is 2.00 bits per heavy atom. The predicted octanol–water partition coefficient (Wildman–Crippen LogP) is 1.78. The van der Waals surface area contributed by atoms with Gasteiger partial charge in [-0.25, -0.2) is 0 Å². The normalized spacial score (nSPS) is 12.4. The summed E-state index contributed by atoms with van der Waals surface area (Å²) in [7, 11) is 5.06. The summed E-state index contributed by atoms with van der Waals surface area (Å²) in [6.07, 6.45) is 0.487. The van der Waals surface area contributed by atoms with Crippen LogP contribution in [0.25, 0.3) is 0 Å². The van der Waals surface area contributed by atoms with E-state index in [1.807, 2.05) is 12.1 Å². The van der Waals surface area contributed by atoms with Gasteiger partial charge in [0.15, 0.2) is 0 Å². The molecular weight excluding hydrogens is 240 g/mol. The Hall–Kier alpha value is -1.55. The predicted molar refractivity (Wildman–Crippen MR) is 77.5 cm³/mol. The molecule has 0 spiro atoms. The highest BCUT2D eigenvalue weighted by Gasteiger charge is 2.18. The van der Waals surface area contributed by atoms with Gasteiger partial charge in [-0.2, -0.15) is 0 Å². The van der Waals surface area contributed by atoms with E-state index >= 15 is 0 Å². The van der Waals surface area contributed by atoms with Gasteiger partial charge in [0, 0.05) is 20.5 Å². The Morgan fingerprint density at radius 1 is 1.37 bits per heavy atom. The number of ether oxygens (including phenoxy) is 1. The third kappa shape index (κ3) is 3.96. The highest BCUT2D eigenvalue weighted by atomic mass is 16.5. The second kappa shape index (κ2) is 6.57. The van der Waals surface area contributed by atoms with Crippen LogP contribution in [0, 0.1) is 0 Å². The minimum Gasteiger partial charge on any atom is -0.496 e. The molecule has 0 aliphatic heterocycles. The first-order valence-electron chi connectivity index (χ1n) is 6.50. The molecule has 1 atom stereocenters. The van der Waals surface area contributed by atoms with E-state index in [0.717, 1.165) is 11.3 Å². The Labute approximate surface area is 115 Å². The molecular formula is C15H24N2O2. The van der Waals surface area contributed by atoms with Crippen LogP contribution in [0.5, 0.6) is 5.75 Å². The lowest BCUT2D eigenvalue weighted by Gasteiger charge is -2.19. The molecule has 0 bridgehead atoms. The van der Waals surface area contributed by atoms with Crippen molar-refractivity contribution in [1.82, 2.24) is 4.90 Å². The summed E-state index contributed by atoms with van der Waals surface area (Å²) in [6, 6.07) is 5.53. The van der Waals surface area contributed by atoms with Crippen molar-refractivity contribution in [2.45, 2.75) is 32.2 Å². The van der Waals surface area contributed by atoms with Crippen LogP contribution in [-0.2, 0) is 11.2 Å². The Morgan fingerprint density at radius 3 is 2.47 bits per heavy atom. The second-order valence-corrected chi connectivity index (χ2v) is 5.27. The first-order chi connectivity index (χ1) is 8.86. The van der Waals surface area contributed by atoms with E-state index < -0.39 is 6.04 Å². The lowest BCUT2D eigenvalue weighted by Crippen LogP contribution is -2.41. The number of carbonyl (C=O) groups excluding carboxylic acids is 1. The van der Waals surface area contributed by atoms with E-state index in [2.05, 4.69) is 19.9 Å². The fraction of sp³-hybridized carbons (Fsp3) is 0.533. The largest absolute Gasteiger partial charge is 0.496 e. The maximum Gasteiger partial charge on any atom is 0.239 e. The van der Waals surface area contributed by atoms with Gasteiger partial charge in [-0.1, -0.05) is 26.0 Å². The van der Waals surface area contributed by atoms with Crippen molar-refractivity contribution in [3.8, 4) is 5.75 Å². The molecule has 1 aromatic carbocycles. The lowest BCUT2D eigenvalue weighted by molar-refractivity contribution is -0.130. The van der Waals surface area contributed by atoms with Gasteiger partial charge in [-0.15, -0.1) is 0 Å². The Bertz CT molecular complexity index is 442.